The molecule has 0 aromatic heterocycles. The predicted octanol–water partition coefficient (Wildman–Crippen LogP) is 2.37. The van der Waals surface area contributed by atoms with Gasteiger partial charge in [0.25, 0.3) is 0 Å². The van der Waals surface area contributed by atoms with Crippen molar-refractivity contribution in [2.45, 2.75) is 19.4 Å². The second-order valence-electron chi connectivity index (χ2n) is 4.71. The molecule has 0 heterocycles. The first-order valence-electron chi connectivity index (χ1n) is 6.80. The van der Waals surface area contributed by atoms with Crippen LogP contribution in [0.5, 0.6) is 0 Å². The second kappa shape index (κ2) is 8.89. The standard InChI is InChI=1S/C15H24FNO3/c1-12(18)13-5-6-15(14(16)11-13)17(8-10-20-3)7-4-9-19-2/h5-6,11-12,18H,4,7-10H2,1-3H3. The van der Waals surface area contributed by atoms with Gasteiger partial charge in [0, 0.05) is 33.9 Å². The highest BCUT2D eigenvalue weighted by Crippen LogP contribution is 2.23. The van der Waals surface area contributed by atoms with E-state index in [9.17, 15) is 9.50 Å². The number of nitrogens with zero attached hydrogens (tertiary/aromatic N) is 1. The molecule has 114 valence electrons. The summed E-state index contributed by atoms with van der Waals surface area (Å²) in [6.45, 7) is 4.10. The SMILES string of the molecule is COCCCN(CCOC)c1ccc(C(C)O)cc1F. The summed E-state index contributed by atoms with van der Waals surface area (Å²) < 4.78 is 24.3. The minimum atomic E-state index is -0.667. The average Bonchev–Trinajstić information content (AvgIpc) is 2.43. The van der Waals surface area contributed by atoms with Crippen molar-refractivity contribution >= 4 is 5.69 Å². The summed E-state index contributed by atoms with van der Waals surface area (Å²) in [7, 11) is 3.28. The van der Waals surface area contributed by atoms with Gasteiger partial charge in [-0.25, -0.2) is 4.39 Å². The molecule has 1 N–H and O–H groups in total. The molecule has 0 amide bonds. The number of rotatable bonds is 9. The van der Waals surface area contributed by atoms with Crippen LogP contribution >= 0.6 is 0 Å². The minimum Gasteiger partial charge on any atom is -0.389 e. The van der Waals surface area contributed by atoms with E-state index in [4.69, 9.17) is 9.47 Å². The van der Waals surface area contributed by atoms with Crippen LogP contribution in [0.2, 0.25) is 0 Å². The lowest BCUT2D eigenvalue weighted by atomic mass is 10.1. The van der Waals surface area contributed by atoms with Crippen molar-refractivity contribution in [2.75, 3.05) is 45.4 Å². The number of ether oxygens (including phenoxy) is 2. The molecule has 1 aromatic carbocycles. The summed E-state index contributed by atoms with van der Waals surface area (Å²) in [5.41, 5.74) is 1.11. The quantitative estimate of drug-likeness (QED) is 0.707. The van der Waals surface area contributed by atoms with Crippen LogP contribution < -0.4 is 4.90 Å². The van der Waals surface area contributed by atoms with Crippen molar-refractivity contribution in [1.29, 1.82) is 0 Å². The molecule has 0 saturated carbocycles. The molecule has 1 rings (SSSR count). The van der Waals surface area contributed by atoms with E-state index in [-0.39, 0.29) is 5.82 Å². The van der Waals surface area contributed by atoms with Gasteiger partial charge in [-0.1, -0.05) is 6.07 Å². The minimum absolute atomic E-state index is 0.322. The van der Waals surface area contributed by atoms with Crippen LogP contribution in [-0.2, 0) is 9.47 Å². The molecular formula is C15H24FNO3. The largest absolute Gasteiger partial charge is 0.389 e. The lowest BCUT2D eigenvalue weighted by Crippen LogP contribution is -2.29. The molecule has 0 aliphatic rings. The first kappa shape index (κ1) is 16.9. The van der Waals surface area contributed by atoms with Gasteiger partial charge in [0.1, 0.15) is 5.82 Å². The van der Waals surface area contributed by atoms with Crippen LogP contribution in [0.3, 0.4) is 0 Å². The number of halogens is 1. The third kappa shape index (κ3) is 5.07. The van der Waals surface area contributed by atoms with Gasteiger partial charge >= 0.3 is 0 Å². The zero-order valence-corrected chi connectivity index (χ0v) is 12.4. The molecule has 1 atom stereocenters. The molecule has 1 aromatic rings. The Balaban J connectivity index is 2.82. The summed E-state index contributed by atoms with van der Waals surface area (Å²) in [4.78, 5) is 1.93. The number of methoxy groups -OCH3 is 2. The lowest BCUT2D eigenvalue weighted by molar-refractivity contribution is 0.190. The predicted molar refractivity (Wildman–Crippen MR) is 77.6 cm³/mol. The maximum atomic E-state index is 14.2. The maximum Gasteiger partial charge on any atom is 0.146 e. The van der Waals surface area contributed by atoms with Gasteiger partial charge in [-0.15, -0.1) is 0 Å². The van der Waals surface area contributed by atoms with Crippen molar-refractivity contribution in [3.63, 3.8) is 0 Å². The lowest BCUT2D eigenvalue weighted by Gasteiger charge is -2.25. The first-order chi connectivity index (χ1) is 9.60. The fraction of sp³-hybridized carbons (Fsp3) is 0.600. The van der Waals surface area contributed by atoms with Crippen LogP contribution in [0.15, 0.2) is 18.2 Å². The van der Waals surface area contributed by atoms with Crippen molar-refractivity contribution in [1.82, 2.24) is 0 Å². The van der Waals surface area contributed by atoms with E-state index in [0.29, 0.717) is 37.6 Å². The Labute approximate surface area is 120 Å². The van der Waals surface area contributed by atoms with Crippen LogP contribution in [0.25, 0.3) is 0 Å². The van der Waals surface area contributed by atoms with Crippen LogP contribution in [-0.4, -0.2) is 45.6 Å². The third-order valence-corrected chi connectivity index (χ3v) is 3.14. The number of benzene rings is 1. The number of aliphatic hydroxyl groups excluding tert-OH is 1. The number of anilines is 1. The third-order valence-electron chi connectivity index (χ3n) is 3.14. The molecule has 0 saturated heterocycles. The van der Waals surface area contributed by atoms with E-state index >= 15 is 0 Å². The van der Waals surface area contributed by atoms with Crippen LogP contribution in [0.1, 0.15) is 25.0 Å². The normalized spacial score (nSPS) is 12.4. The van der Waals surface area contributed by atoms with Crippen LogP contribution in [0, 0.1) is 5.82 Å². The van der Waals surface area contributed by atoms with Gasteiger partial charge in [0.2, 0.25) is 0 Å². The maximum absolute atomic E-state index is 14.2. The summed E-state index contributed by atoms with van der Waals surface area (Å²) in [6.07, 6.45) is 0.150. The molecule has 0 spiro atoms. The van der Waals surface area contributed by atoms with Crippen molar-refractivity contribution in [3.05, 3.63) is 29.6 Å². The highest BCUT2D eigenvalue weighted by atomic mass is 19.1. The number of hydrogen-bond donors (Lipinski definition) is 1. The molecule has 0 aliphatic carbocycles. The van der Waals surface area contributed by atoms with E-state index in [0.717, 1.165) is 6.42 Å². The van der Waals surface area contributed by atoms with Gasteiger partial charge in [-0.2, -0.15) is 0 Å². The summed E-state index contributed by atoms with van der Waals surface area (Å²) >= 11 is 0. The zero-order valence-electron chi connectivity index (χ0n) is 12.4. The molecule has 5 heteroatoms. The highest BCUT2D eigenvalue weighted by Gasteiger charge is 2.13. The molecule has 1 unspecified atom stereocenters. The zero-order chi connectivity index (χ0) is 15.0. The molecule has 0 fully saturated rings. The van der Waals surface area contributed by atoms with Crippen molar-refractivity contribution in [3.8, 4) is 0 Å². The Morgan fingerprint density at radius 3 is 2.45 bits per heavy atom. The van der Waals surface area contributed by atoms with E-state index < -0.39 is 6.10 Å². The Bertz CT molecular complexity index is 399. The van der Waals surface area contributed by atoms with Crippen LogP contribution in [0.4, 0.5) is 10.1 Å². The first-order valence-corrected chi connectivity index (χ1v) is 6.80. The van der Waals surface area contributed by atoms with Gasteiger partial charge < -0.3 is 19.5 Å². The number of hydrogen-bond acceptors (Lipinski definition) is 4. The van der Waals surface area contributed by atoms with E-state index in [2.05, 4.69) is 0 Å². The van der Waals surface area contributed by atoms with Crippen molar-refractivity contribution < 1.29 is 19.0 Å². The molecule has 0 radical (unpaired) electrons. The average molecular weight is 285 g/mol. The van der Waals surface area contributed by atoms with Gasteiger partial charge in [0.15, 0.2) is 0 Å². The topological polar surface area (TPSA) is 41.9 Å². The summed E-state index contributed by atoms with van der Waals surface area (Å²) in [5, 5.41) is 9.48. The van der Waals surface area contributed by atoms with E-state index in [1.54, 1.807) is 33.3 Å². The van der Waals surface area contributed by atoms with E-state index in [1.165, 1.54) is 6.07 Å². The Morgan fingerprint density at radius 1 is 1.20 bits per heavy atom. The molecule has 0 aliphatic heterocycles. The summed E-state index contributed by atoms with van der Waals surface area (Å²) in [5.74, 6) is -0.322. The van der Waals surface area contributed by atoms with Gasteiger partial charge in [-0.3, -0.25) is 0 Å². The fourth-order valence-corrected chi connectivity index (χ4v) is 1.99. The van der Waals surface area contributed by atoms with E-state index in [1.807, 2.05) is 4.90 Å². The highest BCUT2D eigenvalue weighted by molar-refractivity contribution is 5.49. The Hall–Kier alpha value is -1.17. The molecule has 4 nitrogen and oxygen atoms in total. The fourth-order valence-electron chi connectivity index (χ4n) is 1.99. The Kier molecular flexibility index (Phi) is 7.51. The molecular weight excluding hydrogens is 261 g/mol. The Morgan fingerprint density at radius 2 is 1.90 bits per heavy atom. The molecule has 0 bridgehead atoms. The monoisotopic (exact) mass is 285 g/mol. The second-order valence-corrected chi connectivity index (χ2v) is 4.71. The summed E-state index contributed by atoms with van der Waals surface area (Å²) in [6, 6.07) is 4.84. The van der Waals surface area contributed by atoms with Gasteiger partial charge in [-0.05, 0) is 31.0 Å². The number of aliphatic hydroxyl groups is 1. The smallest absolute Gasteiger partial charge is 0.146 e. The molecule has 20 heavy (non-hydrogen) atoms. The van der Waals surface area contributed by atoms with Gasteiger partial charge in [0.05, 0.1) is 18.4 Å². The van der Waals surface area contributed by atoms with Crippen molar-refractivity contribution in [2.24, 2.45) is 0 Å².